The van der Waals surface area contributed by atoms with Gasteiger partial charge in [-0.2, -0.15) is 5.10 Å². The number of aryl methyl sites for hydroxylation is 1. The zero-order chi connectivity index (χ0) is 17.5. The zero-order valence-electron chi connectivity index (χ0n) is 12.7. The standard InChI is InChI=1S/C17H14Cl3N3O/c1-10-9-23(22-15(10)16(21)24)14-7-6-13(19)8-17(14,20)11-2-4-12(18)5-3-11/h2-9,14H,1H3,(H2,21,24). The second kappa shape index (κ2) is 6.28. The molecule has 1 aromatic carbocycles. The maximum Gasteiger partial charge on any atom is 0.269 e. The van der Waals surface area contributed by atoms with Crippen molar-refractivity contribution in [2.24, 2.45) is 5.73 Å². The SMILES string of the molecule is Cc1cn(C2C=CC(Cl)=CC2(Cl)c2ccc(Cl)cc2)nc1C(N)=O. The van der Waals surface area contributed by atoms with Gasteiger partial charge in [0.25, 0.3) is 5.91 Å². The molecule has 0 bridgehead atoms. The zero-order valence-corrected chi connectivity index (χ0v) is 15.0. The van der Waals surface area contributed by atoms with E-state index in [1.54, 1.807) is 42.1 Å². The van der Waals surface area contributed by atoms with Crippen molar-refractivity contribution in [1.29, 1.82) is 0 Å². The molecule has 0 aliphatic heterocycles. The highest BCUT2D eigenvalue weighted by molar-refractivity contribution is 6.33. The smallest absolute Gasteiger partial charge is 0.269 e. The van der Waals surface area contributed by atoms with Crippen LogP contribution < -0.4 is 5.73 Å². The van der Waals surface area contributed by atoms with E-state index < -0.39 is 10.8 Å². The van der Waals surface area contributed by atoms with Gasteiger partial charge in [0.05, 0.1) is 6.04 Å². The van der Waals surface area contributed by atoms with Gasteiger partial charge in [0, 0.05) is 21.8 Å². The summed E-state index contributed by atoms with van der Waals surface area (Å²) in [5.41, 5.74) is 7.08. The molecule has 1 aliphatic carbocycles. The van der Waals surface area contributed by atoms with Crippen molar-refractivity contribution in [3.8, 4) is 0 Å². The molecule has 0 saturated carbocycles. The molecule has 2 aromatic rings. The summed E-state index contributed by atoms with van der Waals surface area (Å²) in [5.74, 6) is -0.578. The first-order chi connectivity index (χ1) is 11.3. The number of amides is 1. The van der Waals surface area contributed by atoms with Gasteiger partial charge in [0.15, 0.2) is 5.69 Å². The van der Waals surface area contributed by atoms with Crippen LogP contribution in [0.1, 0.15) is 27.7 Å². The lowest BCUT2D eigenvalue weighted by Gasteiger charge is -2.34. The van der Waals surface area contributed by atoms with Gasteiger partial charge >= 0.3 is 0 Å². The Bertz CT molecular complexity index is 854. The topological polar surface area (TPSA) is 60.9 Å². The van der Waals surface area contributed by atoms with E-state index >= 15 is 0 Å². The molecule has 1 aliphatic rings. The fourth-order valence-corrected chi connectivity index (χ4v) is 3.61. The number of nitrogens with zero attached hydrogens (tertiary/aromatic N) is 2. The quantitative estimate of drug-likeness (QED) is 0.804. The van der Waals surface area contributed by atoms with Crippen molar-refractivity contribution in [2.45, 2.75) is 17.8 Å². The van der Waals surface area contributed by atoms with Gasteiger partial charge in [-0.05, 0) is 36.8 Å². The van der Waals surface area contributed by atoms with Crippen molar-refractivity contribution >= 4 is 40.7 Å². The summed E-state index contributed by atoms with van der Waals surface area (Å²) in [7, 11) is 0. The summed E-state index contributed by atoms with van der Waals surface area (Å²) >= 11 is 19.1. The molecule has 2 atom stereocenters. The predicted molar refractivity (Wildman–Crippen MR) is 96.6 cm³/mol. The Hall–Kier alpha value is -1.75. The van der Waals surface area contributed by atoms with Crippen molar-refractivity contribution in [3.63, 3.8) is 0 Å². The van der Waals surface area contributed by atoms with Crippen LogP contribution in [0.25, 0.3) is 0 Å². The summed E-state index contributed by atoms with van der Waals surface area (Å²) in [5, 5.41) is 5.44. The van der Waals surface area contributed by atoms with Gasteiger partial charge in [0.1, 0.15) is 4.87 Å². The first-order valence-corrected chi connectivity index (χ1v) is 8.32. The van der Waals surface area contributed by atoms with E-state index in [9.17, 15) is 4.79 Å². The van der Waals surface area contributed by atoms with Crippen LogP contribution in [-0.4, -0.2) is 15.7 Å². The highest BCUT2D eigenvalue weighted by Gasteiger charge is 2.39. The molecule has 0 saturated heterocycles. The van der Waals surface area contributed by atoms with Gasteiger partial charge < -0.3 is 5.73 Å². The third kappa shape index (κ3) is 2.97. The van der Waals surface area contributed by atoms with Crippen molar-refractivity contribution in [1.82, 2.24) is 9.78 Å². The number of aromatic nitrogens is 2. The number of carbonyl (C=O) groups excluding carboxylic acids is 1. The average Bonchev–Trinajstić information content (AvgIpc) is 2.89. The lowest BCUT2D eigenvalue weighted by Crippen LogP contribution is -2.31. The third-order valence-corrected chi connectivity index (χ3v) is 4.97. The fourth-order valence-electron chi connectivity index (χ4n) is 2.77. The predicted octanol–water partition coefficient (Wildman–Crippen LogP) is 4.31. The van der Waals surface area contributed by atoms with Crippen LogP contribution >= 0.6 is 34.8 Å². The molecule has 4 nitrogen and oxygen atoms in total. The monoisotopic (exact) mass is 381 g/mol. The van der Waals surface area contributed by atoms with Gasteiger partial charge in [-0.3, -0.25) is 9.48 Å². The number of rotatable bonds is 3. The number of nitrogens with two attached hydrogens (primary N) is 1. The molecular formula is C17H14Cl3N3O. The lowest BCUT2D eigenvalue weighted by molar-refractivity contribution is 0.0994. The van der Waals surface area contributed by atoms with E-state index in [2.05, 4.69) is 5.10 Å². The number of alkyl halides is 1. The highest BCUT2D eigenvalue weighted by Crippen LogP contribution is 2.46. The Balaban J connectivity index is 2.11. The minimum Gasteiger partial charge on any atom is -0.364 e. The van der Waals surface area contributed by atoms with E-state index in [-0.39, 0.29) is 11.7 Å². The Morgan fingerprint density at radius 2 is 1.96 bits per heavy atom. The van der Waals surface area contributed by atoms with E-state index in [4.69, 9.17) is 40.5 Å². The summed E-state index contributed by atoms with van der Waals surface area (Å²) in [6.45, 7) is 1.77. The molecule has 1 amide bonds. The number of allylic oxidation sites excluding steroid dienone is 4. The number of hydrogen-bond acceptors (Lipinski definition) is 2. The molecule has 1 aromatic heterocycles. The minimum absolute atomic E-state index is 0.221. The second-order valence-corrected chi connectivity index (χ2v) is 7.11. The van der Waals surface area contributed by atoms with Crippen molar-refractivity contribution in [3.05, 3.63) is 75.6 Å². The van der Waals surface area contributed by atoms with Gasteiger partial charge in [-0.25, -0.2) is 0 Å². The van der Waals surface area contributed by atoms with Crippen LogP contribution in [0.15, 0.2) is 53.7 Å². The number of primary amides is 1. The molecule has 0 spiro atoms. The molecule has 124 valence electrons. The summed E-state index contributed by atoms with van der Waals surface area (Å²) in [6, 6.07) is 6.83. The van der Waals surface area contributed by atoms with Crippen LogP contribution in [0.5, 0.6) is 0 Å². The number of halogens is 3. The van der Waals surface area contributed by atoms with Crippen LogP contribution in [0.3, 0.4) is 0 Å². The van der Waals surface area contributed by atoms with E-state index in [1.165, 1.54) is 0 Å². The molecule has 0 fully saturated rings. The van der Waals surface area contributed by atoms with Crippen molar-refractivity contribution in [2.75, 3.05) is 0 Å². The normalized spacial score (nSPS) is 23.2. The van der Waals surface area contributed by atoms with Crippen LogP contribution in [0.2, 0.25) is 5.02 Å². The summed E-state index contributed by atoms with van der Waals surface area (Å²) in [6.07, 6.45) is 7.10. The molecule has 7 heteroatoms. The van der Waals surface area contributed by atoms with Gasteiger partial charge in [-0.1, -0.05) is 41.4 Å². The maximum atomic E-state index is 11.5. The molecule has 3 rings (SSSR count). The molecule has 1 heterocycles. The first kappa shape index (κ1) is 17.1. The van der Waals surface area contributed by atoms with Gasteiger partial charge in [0.2, 0.25) is 0 Å². The number of hydrogen-bond donors (Lipinski definition) is 1. The molecule has 0 radical (unpaired) electrons. The number of benzene rings is 1. The molecule has 2 unspecified atom stereocenters. The van der Waals surface area contributed by atoms with Crippen molar-refractivity contribution < 1.29 is 4.79 Å². The largest absolute Gasteiger partial charge is 0.364 e. The molecular weight excluding hydrogens is 369 g/mol. The highest BCUT2D eigenvalue weighted by atomic mass is 35.5. The Kier molecular flexibility index (Phi) is 4.47. The fraction of sp³-hybridized carbons (Fsp3) is 0.176. The lowest BCUT2D eigenvalue weighted by atomic mass is 9.87. The van der Waals surface area contributed by atoms with Crippen LogP contribution in [-0.2, 0) is 4.87 Å². The summed E-state index contributed by atoms with van der Waals surface area (Å²) in [4.78, 5) is 10.5. The van der Waals surface area contributed by atoms with Crippen LogP contribution in [0, 0.1) is 6.92 Å². The Labute approximate surface area is 154 Å². The average molecular weight is 383 g/mol. The first-order valence-electron chi connectivity index (χ1n) is 7.18. The Morgan fingerprint density at radius 1 is 1.29 bits per heavy atom. The summed E-state index contributed by atoms with van der Waals surface area (Å²) < 4.78 is 1.63. The van der Waals surface area contributed by atoms with E-state index in [0.29, 0.717) is 15.6 Å². The second-order valence-electron chi connectivity index (χ2n) is 5.61. The minimum atomic E-state index is -0.968. The molecule has 24 heavy (non-hydrogen) atoms. The molecule has 2 N–H and O–H groups in total. The van der Waals surface area contributed by atoms with E-state index in [0.717, 1.165) is 5.56 Å². The van der Waals surface area contributed by atoms with E-state index in [1.807, 2.05) is 18.2 Å². The third-order valence-electron chi connectivity index (χ3n) is 3.94. The Morgan fingerprint density at radius 3 is 2.54 bits per heavy atom. The van der Waals surface area contributed by atoms with Crippen LogP contribution in [0.4, 0.5) is 0 Å². The number of carbonyl (C=O) groups is 1. The maximum absolute atomic E-state index is 11.5. The van der Waals surface area contributed by atoms with Gasteiger partial charge in [-0.15, -0.1) is 11.6 Å².